The van der Waals surface area contributed by atoms with Crippen LogP contribution in [0.5, 0.6) is 0 Å². The number of carbonyl (C=O) groups is 1. The Balaban J connectivity index is 2.59. The molecule has 1 aromatic rings. The zero-order chi connectivity index (χ0) is 13.5. The van der Waals surface area contributed by atoms with Gasteiger partial charge in [0.2, 0.25) is 0 Å². The number of aryl methyl sites for hydroxylation is 3. The summed E-state index contributed by atoms with van der Waals surface area (Å²) in [6, 6.07) is 4.19. The molecule has 1 heteroatoms. The van der Waals surface area contributed by atoms with Crippen molar-refractivity contribution in [3.8, 4) is 0 Å². The van der Waals surface area contributed by atoms with Gasteiger partial charge in [-0.1, -0.05) is 30.2 Å². The second-order valence-corrected chi connectivity index (χ2v) is 5.08. The predicted molar refractivity (Wildman–Crippen MR) is 78.3 cm³/mol. The Labute approximate surface area is 111 Å². The van der Waals surface area contributed by atoms with Crippen LogP contribution >= 0.6 is 0 Å². The predicted octanol–water partition coefficient (Wildman–Crippen LogP) is 4.93. The first-order chi connectivity index (χ1) is 8.56. The van der Waals surface area contributed by atoms with Crippen LogP contribution in [0.4, 0.5) is 0 Å². The fraction of sp³-hybridized carbons (Fsp3) is 0.471. The summed E-state index contributed by atoms with van der Waals surface area (Å²) in [7, 11) is 0. The lowest BCUT2D eigenvalue weighted by molar-refractivity contribution is 0.0978. The molecule has 0 bridgehead atoms. The van der Waals surface area contributed by atoms with Gasteiger partial charge in [0, 0.05) is 12.0 Å². The van der Waals surface area contributed by atoms with Gasteiger partial charge >= 0.3 is 0 Å². The van der Waals surface area contributed by atoms with Gasteiger partial charge in [-0.05, 0) is 51.2 Å². The average molecular weight is 244 g/mol. The van der Waals surface area contributed by atoms with E-state index in [-0.39, 0.29) is 0 Å². The third-order valence-electron chi connectivity index (χ3n) is 3.27. The number of benzene rings is 1. The zero-order valence-corrected chi connectivity index (χ0v) is 11.9. The minimum atomic E-state index is 0.295. The third kappa shape index (κ3) is 4.14. The van der Waals surface area contributed by atoms with Crippen molar-refractivity contribution < 1.29 is 4.79 Å². The van der Waals surface area contributed by atoms with Crippen LogP contribution in [0, 0.1) is 20.8 Å². The van der Waals surface area contributed by atoms with E-state index in [1.807, 2.05) is 19.9 Å². The molecule has 0 heterocycles. The Morgan fingerprint density at radius 1 is 1.11 bits per heavy atom. The number of hydrogen-bond acceptors (Lipinski definition) is 1. The van der Waals surface area contributed by atoms with Gasteiger partial charge in [0.15, 0.2) is 5.78 Å². The first kappa shape index (κ1) is 14.7. The van der Waals surface area contributed by atoms with Crippen molar-refractivity contribution in [1.29, 1.82) is 0 Å². The number of rotatable bonds is 7. The highest BCUT2D eigenvalue weighted by Gasteiger charge is 2.12. The quantitative estimate of drug-likeness (QED) is 0.377. The standard InChI is InChI=1S/C17H24O/c1-5-6-7-8-9-10-16(18)17-14(3)11-13(2)12-15(17)4/h5,11-12H,1,6-10H2,2-4H3. The molecule has 0 aliphatic carbocycles. The number of carbonyl (C=O) groups excluding carboxylic acids is 1. The normalized spacial score (nSPS) is 10.4. The summed E-state index contributed by atoms with van der Waals surface area (Å²) in [5.74, 6) is 0.295. The molecule has 0 spiro atoms. The lowest BCUT2D eigenvalue weighted by Crippen LogP contribution is -2.05. The largest absolute Gasteiger partial charge is 0.294 e. The molecule has 0 N–H and O–H groups in total. The van der Waals surface area contributed by atoms with Crippen molar-refractivity contribution in [3.05, 3.63) is 47.0 Å². The highest BCUT2D eigenvalue weighted by molar-refractivity contribution is 5.98. The maximum atomic E-state index is 12.2. The van der Waals surface area contributed by atoms with E-state index in [0.717, 1.165) is 42.4 Å². The van der Waals surface area contributed by atoms with Gasteiger partial charge in [-0.2, -0.15) is 0 Å². The van der Waals surface area contributed by atoms with Gasteiger partial charge in [-0.25, -0.2) is 0 Å². The van der Waals surface area contributed by atoms with Crippen LogP contribution in [-0.2, 0) is 0 Å². The summed E-state index contributed by atoms with van der Waals surface area (Å²) in [4.78, 5) is 12.2. The molecule has 18 heavy (non-hydrogen) atoms. The van der Waals surface area contributed by atoms with Crippen LogP contribution in [-0.4, -0.2) is 5.78 Å². The number of hydrogen-bond donors (Lipinski definition) is 0. The fourth-order valence-electron chi connectivity index (χ4n) is 2.50. The highest BCUT2D eigenvalue weighted by Crippen LogP contribution is 2.19. The molecule has 98 valence electrons. The Morgan fingerprint density at radius 3 is 2.28 bits per heavy atom. The molecule has 0 atom stereocenters. The first-order valence-electron chi connectivity index (χ1n) is 6.78. The second-order valence-electron chi connectivity index (χ2n) is 5.08. The molecule has 0 aliphatic heterocycles. The Kier molecular flexibility index (Phi) is 5.84. The second kappa shape index (κ2) is 7.15. The summed E-state index contributed by atoms with van der Waals surface area (Å²) in [5, 5.41) is 0. The van der Waals surface area contributed by atoms with Crippen LogP contribution in [0.2, 0.25) is 0 Å². The Morgan fingerprint density at radius 2 is 1.72 bits per heavy atom. The van der Waals surface area contributed by atoms with Crippen molar-refractivity contribution in [2.45, 2.75) is 52.9 Å². The fourth-order valence-corrected chi connectivity index (χ4v) is 2.50. The van der Waals surface area contributed by atoms with E-state index >= 15 is 0 Å². The summed E-state index contributed by atoms with van der Waals surface area (Å²) >= 11 is 0. The molecule has 0 unspecified atom stereocenters. The molecular weight excluding hydrogens is 220 g/mol. The van der Waals surface area contributed by atoms with Gasteiger partial charge in [-0.3, -0.25) is 4.79 Å². The number of allylic oxidation sites excluding steroid dienone is 1. The van der Waals surface area contributed by atoms with E-state index < -0.39 is 0 Å². The zero-order valence-electron chi connectivity index (χ0n) is 11.9. The summed E-state index contributed by atoms with van der Waals surface area (Å²) in [5.41, 5.74) is 4.39. The molecular formula is C17H24O. The number of Topliss-reactive ketones (excluding diaryl/α,β-unsaturated/α-hetero) is 1. The maximum absolute atomic E-state index is 12.2. The average Bonchev–Trinajstić information content (AvgIpc) is 2.27. The highest BCUT2D eigenvalue weighted by atomic mass is 16.1. The van der Waals surface area contributed by atoms with Gasteiger partial charge in [0.05, 0.1) is 0 Å². The lowest BCUT2D eigenvalue weighted by Gasteiger charge is -2.10. The van der Waals surface area contributed by atoms with Crippen LogP contribution in [0.15, 0.2) is 24.8 Å². The van der Waals surface area contributed by atoms with Gasteiger partial charge in [0.25, 0.3) is 0 Å². The molecule has 0 aliphatic rings. The molecule has 1 aromatic carbocycles. The first-order valence-corrected chi connectivity index (χ1v) is 6.78. The molecule has 0 aromatic heterocycles. The Hall–Kier alpha value is -1.37. The summed E-state index contributed by atoms with van der Waals surface area (Å²) in [6.45, 7) is 9.84. The van der Waals surface area contributed by atoms with Crippen molar-refractivity contribution >= 4 is 5.78 Å². The van der Waals surface area contributed by atoms with Crippen molar-refractivity contribution in [2.24, 2.45) is 0 Å². The van der Waals surface area contributed by atoms with Crippen LogP contribution in [0.3, 0.4) is 0 Å². The monoisotopic (exact) mass is 244 g/mol. The molecule has 0 fully saturated rings. The minimum Gasteiger partial charge on any atom is -0.294 e. The molecule has 0 saturated heterocycles. The lowest BCUT2D eigenvalue weighted by atomic mass is 9.94. The van der Waals surface area contributed by atoms with Gasteiger partial charge < -0.3 is 0 Å². The van der Waals surface area contributed by atoms with Crippen LogP contribution in [0.1, 0.15) is 59.2 Å². The van der Waals surface area contributed by atoms with Crippen LogP contribution < -0.4 is 0 Å². The van der Waals surface area contributed by atoms with E-state index in [0.29, 0.717) is 12.2 Å². The SMILES string of the molecule is C=CCCCCCC(=O)c1c(C)cc(C)cc1C. The smallest absolute Gasteiger partial charge is 0.163 e. The van der Waals surface area contributed by atoms with Crippen molar-refractivity contribution in [2.75, 3.05) is 0 Å². The van der Waals surface area contributed by atoms with Crippen molar-refractivity contribution in [1.82, 2.24) is 0 Å². The van der Waals surface area contributed by atoms with Gasteiger partial charge in [-0.15, -0.1) is 6.58 Å². The van der Waals surface area contributed by atoms with E-state index in [9.17, 15) is 4.79 Å². The van der Waals surface area contributed by atoms with Crippen LogP contribution in [0.25, 0.3) is 0 Å². The summed E-state index contributed by atoms with van der Waals surface area (Å²) in [6.07, 6.45) is 6.90. The maximum Gasteiger partial charge on any atom is 0.163 e. The van der Waals surface area contributed by atoms with E-state index in [1.54, 1.807) is 0 Å². The molecule has 0 amide bonds. The topological polar surface area (TPSA) is 17.1 Å². The minimum absolute atomic E-state index is 0.295. The molecule has 1 nitrogen and oxygen atoms in total. The Bertz CT molecular complexity index is 406. The molecule has 1 rings (SSSR count). The van der Waals surface area contributed by atoms with E-state index in [1.165, 1.54) is 5.56 Å². The van der Waals surface area contributed by atoms with E-state index in [4.69, 9.17) is 0 Å². The van der Waals surface area contributed by atoms with Gasteiger partial charge in [0.1, 0.15) is 0 Å². The number of unbranched alkanes of at least 4 members (excludes halogenated alkanes) is 3. The third-order valence-corrected chi connectivity index (χ3v) is 3.27. The summed E-state index contributed by atoms with van der Waals surface area (Å²) < 4.78 is 0. The van der Waals surface area contributed by atoms with Crippen molar-refractivity contribution in [3.63, 3.8) is 0 Å². The molecule has 0 saturated carbocycles. The van der Waals surface area contributed by atoms with E-state index in [2.05, 4.69) is 25.6 Å². The number of ketones is 1. The molecule has 0 radical (unpaired) electrons.